The van der Waals surface area contributed by atoms with Crippen LogP contribution in [0.3, 0.4) is 0 Å². The first-order valence-corrected chi connectivity index (χ1v) is 3.35. The summed E-state index contributed by atoms with van der Waals surface area (Å²) in [5, 5.41) is 0. The third-order valence-electron chi connectivity index (χ3n) is 0.949. The van der Waals surface area contributed by atoms with Gasteiger partial charge in [0.25, 0.3) is 0 Å². The summed E-state index contributed by atoms with van der Waals surface area (Å²) in [4.78, 5) is 0. The molecule has 0 aliphatic carbocycles. The number of hydrogen-bond acceptors (Lipinski definition) is 0. The van der Waals surface area contributed by atoms with Gasteiger partial charge < -0.3 is 0 Å². The van der Waals surface area contributed by atoms with Crippen molar-refractivity contribution in [2.45, 2.75) is 38.3 Å². The lowest BCUT2D eigenvalue weighted by molar-refractivity contribution is -0.273. The number of rotatable bonds is 0. The zero-order valence-electron chi connectivity index (χ0n) is 7.48. The van der Waals surface area contributed by atoms with Crippen LogP contribution in [0.5, 0.6) is 0 Å². The molecule has 0 aliphatic rings. The van der Waals surface area contributed by atoms with Crippen LogP contribution >= 0.6 is 0 Å². The first kappa shape index (κ1) is 16.8. The van der Waals surface area contributed by atoms with Crippen LogP contribution in [0.4, 0.5) is 39.5 Å². The number of halogens is 9. The van der Waals surface area contributed by atoms with Gasteiger partial charge in [-0.25, -0.2) is 4.39 Å². The highest BCUT2D eigenvalue weighted by Gasteiger charge is 2.53. The van der Waals surface area contributed by atoms with Crippen molar-refractivity contribution in [3.63, 3.8) is 0 Å². The maximum Gasteiger partial charge on any atom is 0.452 e. The normalized spacial score (nSPS) is 15.4. The Bertz CT molecular complexity index is 157. The summed E-state index contributed by atoms with van der Waals surface area (Å²) in [5.74, 6) is -4.56. The third-order valence-corrected chi connectivity index (χ3v) is 0.949. The van der Waals surface area contributed by atoms with E-state index in [1.165, 1.54) is 0 Å². The topological polar surface area (TPSA) is 0 Å². The molecular weight excluding hydrogens is 243 g/mol. The SMILES string of the molecule is CC(F)(F)C(F)(F)F.CC(F)C(F)(F)F. The first-order valence-electron chi connectivity index (χ1n) is 3.35. The lowest BCUT2D eigenvalue weighted by Crippen LogP contribution is -2.32. The fourth-order valence-corrected chi connectivity index (χ4v) is 0. The van der Waals surface area contributed by atoms with Gasteiger partial charge in [-0.05, 0) is 6.92 Å². The predicted molar refractivity (Wildman–Crippen MR) is 33.3 cm³/mol. The summed E-state index contributed by atoms with van der Waals surface area (Å²) in [6.07, 6.45) is -12.8. The molecule has 9 heteroatoms. The van der Waals surface area contributed by atoms with E-state index in [-0.39, 0.29) is 6.92 Å². The second kappa shape index (κ2) is 4.93. The van der Waals surface area contributed by atoms with Gasteiger partial charge in [0.15, 0.2) is 6.17 Å². The van der Waals surface area contributed by atoms with Gasteiger partial charge in [0.2, 0.25) is 0 Å². The fourth-order valence-electron chi connectivity index (χ4n) is 0. The van der Waals surface area contributed by atoms with Gasteiger partial charge >= 0.3 is 18.3 Å². The molecule has 0 aromatic heterocycles. The Labute approximate surface area is 79.1 Å². The third kappa shape index (κ3) is 8.37. The van der Waals surface area contributed by atoms with Crippen LogP contribution in [0.25, 0.3) is 0 Å². The van der Waals surface area contributed by atoms with Crippen LogP contribution < -0.4 is 0 Å². The molecule has 0 aromatic rings. The summed E-state index contributed by atoms with van der Waals surface area (Å²) in [7, 11) is 0. The average molecular weight is 250 g/mol. The van der Waals surface area contributed by atoms with E-state index in [0.717, 1.165) is 0 Å². The van der Waals surface area contributed by atoms with Crippen molar-refractivity contribution in [3.8, 4) is 0 Å². The Hall–Kier alpha value is -0.630. The highest BCUT2D eigenvalue weighted by Crippen LogP contribution is 2.34. The van der Waals surface area contributed by atoms with Crippen molar-refractivity contribution in [1.82, 2.24) is 0 Å². The average Bonchev–Trinajstić information content (AvgIpc) is 1.80. The minimum Gasteiger partial charge on any atom is -0.238 e. The highest BCUT2D eigenvalue weighted by molar-refractivity contribution is 4.67. The smallest absolute Gasteiger partial charge is 0.238 e. The maximum absolute atomic E-state index is 11.1. The summed E-state index contributed by atoms with van der Waals surface area (Å²) in [6.45, 7) is 0.271. The van der Waals surface area contributed by atoms with Crippen LogP contribution in [0.1, 0.15) is 13.8 Å². The Morgan fingerprint density at radius 1 is 0.800 bits per heavy atom. The van der Waals surface area contributed by atoms with Crippen LogP contribution in [0, 0.1) is 0 Å². The van der Waals surface area contributed by atoms with Crippen molar-refractivity contribution in [2.24, 2.45) is 0 Å². The monoisotopic (exact) mass is 250 g/mol. The largest absolute Gasteiger partial charge is 0.452 e. The van der Waals surface area contributed by atoms with Crippen molar-refractivity contribution in [3.05, 3.63) is 0 Å². The van der Waals surface area contributed by atoms with Crippen molar-refractivity contribution in [1.29, 1.82) is 0 Å². The molecule has 1 unspecified atom stereocenters. The molecule has 0 amide bonds. The molecule has 94 valence electrons. The van der Waals surface area contributed by atoms with Gasteiger partial charge in [0.1, 0.15) is 0 Å². The van der Waals surface area contributed by atoms with Gasteiger partial charge in [-0.3, -0.25) is 0 Å². The first-order chi connectivity index (χ1) is 6.19. The van der Waals surface area contributed by atoms with E-state index in [2.05, 4.69) is 0 Å². The zero-order chi connectivity index (χ0) is 13.1. The van der Waals surface area contributed by atoms with Crippen LogP contribution in [0.2, 0.25) is 0 Å². The standard InChI is InChI=1S/C3H3F5.C3H4F4/c1-2(4,5)3(6,7)8;1-2(4)3(5,6)7/h1H3;2H,1H3. The van der Waals surface area contributed by atoms with E-state index >= 15 is 0 Å². The van der Waals surface area contributed by atoms with Gasteiger partial charge in [-0.2, -0.15) is 35.1 Å². The van der Waals surface area contributed by atoms with E-state index < -0.39 is 24.4 Å². The maximum atomic E-state index is 11.1. The Morgan fingerprint density at radius 3 is 0.933 bits per heavy atom. The van der Waals surface area contributed by atoms with Crippen LogP contribution in [-0.4, -0.2) is 24.4 Å². The second-order valence-electron chi connectivity index (χ2n) is 2.54. The van der Waals surface area contributed by atoms with E-state index in [4.69, 9.17) is 0 Å². The quantitative estimate of drug-likeness (QED) is 0.567. The Kier molecular flexibility index (Phi) is 5.52. The number of hydrogen-bond donors (Lipinski definition) is 0. The number of alkyl halides is 9. The van der Waals surface area contributed by atoms with E-state index in [0.29, 0.717) is 6.92 Å². The highest BCUT2D eigenvalue weighted by atomic mass is 19.4. The van der Waals surface area contributed by atoms with Crippen LogP contribution in [-0.2, 0) is 0 Å². The lowest BCUT2D eigenvalue weighted by Gasteiger charge is -2.12. The van der Waals surface area contributed by atoms with E-state index in [1.54, 1.807) is 0 Å². The van der Waals surface area contributed by atoms with Gasteiger partial charge in [0, 0.05) is 6.92 Å². The van der Waals surface area contributed by atoms with Gasteiger partial charge in [0.05, 0.1) is 0 Å². The van der Waals surface area contributed by atoms with Crippen molar-refractivity contribution < 1.29 is 39.5 Å². The molecule has 1 atom stereocenters. The van der Waals surface area contributed by atoms with Crippen LogP contribution in [0.15, 0.2) is 0 Å². The molecule has 0 fully saturated rings. The second-order valence-corrected chi connectivity index (χ2v) is 2.54. The summed E-state index contributed by atoms with van der Waals surface area (Å²) < 4.78 is 98.1. The molecule has 0 radical (unpaired) electrons. The molecule has 0 aromatic carbocycles. The Morgan fingerprint density at radius 2 is 0.933 bits per heavy atom. The van der Waals surface area contributed by atoms with Gasteiger partial charge in [-0.1, -0.05) is 0 Å². The van der Waals surface area contributed by atoms with E-state index in [9.17, 15) is 39.5 Å². The summed E-state index contributed by atoms with van der Waals surface area (Å²) >= 11 is 0. The predicted octanol–water partition coefficient (Wildman–Crippen LogP) is 4.11. The molecule has 0 heterocycles. The molecule has 0 bridgehead atoms. The molecule has 0 rings (SSSR count). The molecule has 0 saturated heterocycles. The molecule has 0 nitrogen and oxygen atoms in total. The lowest BCUT2D eigenvalue weighted by atomic mass is 10.4. The molecule has 0 N–H and O–H groups in total. The molecule has 0 saturated carbocycles. The molecule has 15 heavy (non-hydrogen) atoms. The molecule has 0 spiro atoms. The summed E-state index contributed by atoms with van der Waals surface area (Å²) in [6, 6.07) is 0. The zero-order valence-corrected chi connectivity index (χ0v) is 7.48. The van der Waals surface area contributed by atoms with E-state index in [1.807, 2.05) is 0 Å². The Balaban J connectivity index is 0. The van der Waals surface area contributed by atoms with Gasteiger partial charge in [-0.15, -0.1) is 0 Å². The summed E-state index contributed by atoms with van der Waals surface area (Å²) in [5.41, 5.74) is 0. The fraction of sp³-hybridized carbons (Fsp3) is 1.00. The van der Waals surface area contributed by atoms with Crippen molar-refractivity contribution >= 4 is 0 Å². The minimum absolute atomic E-state index is 0.188. The molecular formula is C6H7F9. The minimum atomic E-state index is -5.40. The van der Waals surface area contributed by atoms with Crippen molar-refractivity contribution in [2.75, 3.05) is 0 Å². The molecule has 0 aliphatic heterocycles.